The summed E-state index contributed by atoms with van der Waals surface area (Å²) in [7, 11) is 0. The second-order valence-corrected chi connectivity index (χ2v) is 7.75. The van der Waals surface area contributed by atoms with Gasteiger partial charge in [-0.1, -0.05) is 19.9 Å². The van der Waals surface area contributed by atoms with E-state index in [4.69, 9.17) is 4.74 Å². The summed E-state index contributed by atoms with van der Waals surface area (Å²) in [6, 6.07) is 8.27. The van der Waals surface area contributed by atoms with Gasteiger partial charge in [-0.15, -0.1) is 11.3 Å². The molecule has 1 saturated heterocycles. The third-order valence-electron chi connectivity index (χ3n) is 4.59. The first-order valence-electron chi connectivity index (χ1n) is 8.92. The van der Waals surface area contributed by atoms with E-state index in [0.29, 0.717) is 37.6 Å². The number of rotatable bonds is 6. The zero-order valence-corrected chi connectivity index (χ0v) is 16.2. The van der Waals surface area contributed by atoms with Gasteiger partial charge in [0.2, 0.25) is 0 Å². The van der Waals surface area contributed by atoms with Gasteiger partial charge in [-0.25, -0.2) is 0 Å². The number of amides is 1. The molecule has 1 amide bonds. The average Bonchev–Trinajstić information content (AvgIpc) is 3.20. The highest BCUT2D eigenvalue weighted by atomic mass is 32.1. The standard InChI is InChI=1S/C19H23N3O4S/c1-13(2)18(17-4-3-11-27-17)20-19(23)15-12-14(22(24)25)5-6-16(15)21-7-9-26-10-8-21/h3-6,11-13,18H,7-10H2,1-2H3,(H,20,23). The maximum absolute atomic E-state index is 13.1. The zero-order valence-electron chi connectivity index (χ0n) is 15.4. The molecule has 0 saturated carbocycles. The second-order valence-electron chi connectivity index (χ2n) is 6.77. The van der Waals surface area contributed by atoms with E-state index in [1.54, 1.807) is 17.4 Å². The van der Waals surface area contributed by atoms with Crippen molar-refractivity contribution in [2.24, 2.45) is 5.92 Å². The van der Waals surface area contributed by atoms with E-state index in [1.807, 2.05) is 36.3 Å². The molecule has 1 aliphatic rings. The molecule has 27 heavy (non-hydrogen) atoms. The minimum Gasteiger partial charge on any atom is -0.378 e. The lowest BCUT2D eigenvalue weighted by atomic mass is 10.0. The fraction of sp³-hybridized carbons (Fsp3) is 0.421. The van der Waals surface area contributed by atoms with Crippen LogP contribution in [-0.4, -0.2) is 37.1 Å². The minimum atomic E-state index is -0.473. The zero-order chi connectivity index (χ0) is 19.4. The monoisotopic (exact) mass is 389 g/mol. The Morgan fingerprint density at radius 1 is 1.30 bits per heavy atom. The molecule has 1 unspecified atom stereocenters. The second kappa shape index (κ2) is 8.49. The van der Waals surface area contributed by atoms with Gasteiger partial charge < -0.3 is 15.0 Å². The molecule has 1 aliphatic heterocycles. The number of morpholine rings is 1. The molecule has 1 fully saturated rings. The molecule has 8 heteroatoms. The van der Waals surface area contributed by atoms with Crippen LogP contribution in [-0.2, 0) is 4.74 Å². The highest BCUT2D eigenvalue weighted by Crippen LogP contribution is 2.30. The summed E-state index contributed by atoms with van der Waals surface area (Å²) < 4.78 is 5.38. The Bertz CT molecular complexity index is 801. The first kappa shape index (κ1) is 19.3. The molecular weight excluding hydrogens is 366 g/mol. The third kappa shape index (κ3) is 4.45. The largest absolute Gasteiger partial charge is 0.378 e. The van der Waals surface area contributed by atoms with Gasteiger partial charge in [0.1, 0.15) is 0 Å². The Morgan fingerprint density at radius 2 is 2.04 bits per heavy atom. The predicted molar refractivity (Wildman–Crippen MR) is 105 cm³/mol. The SMILES string of the molecule is CC(C)C(NC(=O)c1cc([N+](=O)[O-])ccc1N1CCOCC1)c1cccs1. The number of nitro benzene ring substituents is 1. The van der Waals surface area contributed by atoms with Crippen molar-refractivity contribution in [1.29, 1.82) is 0 Å². The van der Waals surface area contributed by atoms with Gasteiger partial charge in [0.15, 0.2) is 0 Å². The van der Waals surface area contributed by atoms with E-state index in [1.165, 1.54) is 12.1 Å². The quantitative estimate of drug-likeness (QED) is 0.602. The van der Waals surface area contributed by atoms with Crippen molar-refractivity contribution < 1.29 is 14.5 Å². The Balaban J connectivity index is 1.93. The number of hydrogen-bond donors (Lipinski definition) is 1. The fourth-order valence-corrected chi connectivity index (χ4v) is 4.10. The number of anilines is 1. The van der Waals surface area contributed by atoms with E-state index in [2.05, 4.69) is 5.32 Å². The highest BCUT2D eigenvalue weighted by Gasteiger charge is 2.25. The van der Waals surface area contributed by atoms with Crippen molar-refractivity contribution in [3.05, 3.63) is 56.3 Å². The van der Waals surface area contributed by atoms with Crippen LogP contribution in [0, 0.1) is 16.0 Å². The average molecular weight is 389 g/mol. The molecule has 1 atom stereocenters. The maximum atomic E-state index is 13.1. The summed E-state index contributed by atoms with van der Waals surface area (Å²) in [5.74, 6) is -0.106. The van der Waals surface area contributed by atoms with Crippen LogP contribution in [0.1, 0.15) is 35.1 Å². The number of nitrogens with one attached hydrogen (secondary N) is 1. The van der Waals surface area contributed by atoms with E-state index in [9.17, 15) is 14.9 Å². The van der Waals surface area contributed by atoms with Crippen molar-refractivity contribution in [2.45, 2.75) is 19.9 Å². The minimum absolute atomic E-state index is 0.0885. The molecule has 3 rings (SSSR count). The molecule has 2 aromatic rings. The normalized spacial score (nSPS) is 15.6. The summed E-state index contributed by atoms with van der Waals surface area (Å²) in [5, 5.41) is 16.3. The van der Waals surface area contributed by atoms with E-state index < -0.39 is 4.92 Å². The number of benzene rings is 1. The first-order valence-corrected chi connectivity index (χ1v) is 9.80. The van der Waals surface area contributed by atoms with Crippen LogP contribution in [0.5, 0.6) is 0 Å². The number of nitro groups is 1. The molecule has 7 nitrogen and oxygen atoms in total. The van der Waals surface area contributed by atoms with Gasteiger partial charge in [0.05, 0.1) is 35.4 Å². The van der Waals surface area contributed by atoms with E-state index in [-0.39, 0.29) is 23.6 Å². The smallest absolute Gasteiger partial charge is 0.270 e. The summed E-state index contributed by atoms with van der Waals surface area (Å²) in [4.78, 5) is 27.0. The van der Waals surface area contributed by atoms with Crippen LogP contribution >= 0.6 is 11.3 Å². The molecular formula is C19H23N3O4S. The summed E-state index contributed by atoms with van der Waals surface area (Å²) in [6.07, 6.45) is 0. The van der Waals surface area contributed by atoms with Crippen molar-refractivity contribution in [2.75, 3.05) is 31.2 Å². The van der Waals surface area contributed by atoms with Crippen molar-refractivity contribution >= 4 is 28.6 Å². The van der Waals surface area contributed by atoms with Crippen LogP contribution in [0.2, 0.25) is 0 Å². The maximum Gasteiger partial charge on any atom is 0.270 e. The highest BCUT2D eigenvalue weighted by molar-refractivity contribution is 7.10. The summed E-state index contributed by atoms with van der Waals surface area (Å²) in [6.45, 7) is 6.53. The Labute approximate surface area is 162 Å². The van der Waals surface area contributed by atoms with Gasteiger partial charge in [-0.2, -0.15) is 0 Å². The topological polar surface area (TPSA) is 84.7 Å². The number of thiophene rings is 1. The van der Waals surface area contributed by atoms with Crippen molar-refractivity contribution in [3.8, 4) is 0 Å². The number of carbonyl (C=O) groups is 1. The first-order chi connectivity index (χ1) is 13.0. The van der Waals surface area contributed by atoms with Crippen LogP contribution in [0.15, 0.2) is 35.7 Å². The Kier molecular flexibility index (Phi) is 6.08. The molecule has 1 aromatic carbocycles. The van der Waals surface area contributed by atoms with E-state index in [0.717, 1.165) is 4.88 Å². The Hall–Kier alpha value is -2.45. The van der Waals surface area contributed by atoms with Crippen LogP contribution in [0.25, 0.3) is 0 Å². The number of carbonyl (C=O) groups excluding carboxylic acids is 1. The van der Waals surface area contributed by atoms with Gasteiger partial charge in [0, 0.05) is 30.1 Å². The lowest BCUT2D eigenvalue weighted by Gasteiger charge is -2.30. The summed E-state index contributed by atoms with van der Waals surface area (Å²) >= 11 is 1.59. The molecule has 0 spiro atoms. The number of ether oxygens (including phenoxy) is 1. The number of nitrogens with zero attached hydrogens (tertiary/aromatic N) is 2. The third-order valence-corrected chi connectivity index (χ3v) is 5.55. The van der Waals surface area contributed by atoms with Crippen molar-refractivity contribution in [3.63, 3.8) is 0 Å². The van der Waals surface area contributed by atoms with Crippen molar-refractivity contribution in [1.82, 2.24) is 5.32 Å². The molecule has 0 radical (unpaired) electrons. The Morgan fingerprint density at radius 3 is 2.63 bits per heavy atom. The molecule has 1 aromatic heterocycles. The van der Waals surface area contributed by atoms with E-state index >= 15 is 0 Å². The summed E-state index contributed by atoms with van der Waals surface area (Å²) in [5.41, 5.74) is 0.942. The fourth-order valence-electron chi connectivity index (χ4n) is 3.15. The van der Waals surface area contributed by atoms with Gasteiger partial charge in [-0.3, -0.25) is 14.9 Å². The lowest BCUT2D eigenvalue weighted by molar-refractivity contribution is -0.384. The van der Waals surface area contributed by atoms with Gasteiger partial charge >= 0.3 is 0 Å². The van der Waals surface area contributed by atoms with Crippen LogP contribution in [0.3, 0.4) is 0 Å². The van der Waals surface area contributed by atoms with Crippen LogP contribution < -0.4 is 10.2 Å². The van der Waals surface area contributed by atoms with Gasteiger partial charge in [-0.05, 0) is 23.4 Å². The molecule has 0 bridgehead atoms. The predicted octanol–water partition coefficient (Wildman–Crippen LogP) is 3.62. The molecule has 144 valence electrons. The molecule has 1 N–H and O–H groups in total. The van der Waals surface area contributed by atoms with Gasteiger partial charge in [0.25, 0.3) is 11.6 Å². The number of hydrogen-bond acceptors (Lipinski definition) is 6. The lowest BCUT2D eigenvalue weighted by Crippen LogP contribution is -2.38. The molecule has 0 aliphatic carbocycles. The number of non-ortho nitro benzene ring substituents is 1. The van der Waals surface area contributed by atoms with Crippen LogP contribution in [0.4, 0.5) is 11.4 Å². The molecule has 2 heterocycles.